The van der Waals surface area contributed by atoms with E-state index in [0.29, 0.717) is 0 Å². The third-order valence-corrected chi connectivity index (χ3v) is 3.92. The fourth-order valence-electron chi connectivity index (χ4n) is 1.98. The van der Waals surface area contributed by atoms with Crippen LogP contribution in [-0.4, -0.2) is 17.5 Å². The van der Waals surface area contributed by atoms with Crippen LogP contribution in [0.15, 0.2) is 28.3 Å². The SMILES string of the molecule is CCCCCCCCN=C1NSc2cnccc2N1. The maximum absolute atomic E-state index is 4.55. The summed E-state index contributed by atoms with van der Waals surface area (Å²) < 4.78 is 3.20. The molecule has 0 amide bonds. The maximum Gasteiger partial charge on any atom is 0.206 e. The highest BCUT2D eigenvalue weighted by Gasteiger charge is 2.12. The molecule has 2 heterocycles. The van der Waals surface area contributed by atoms with Gasteiger partial charge in [-0.25, -0.2) is 0 Å². The molecule has 0 aliphatic carbocycles. The monoisotopic (exact) mass is 278 g/mol. The first-order valence-electron chi connectivity index (χ1n) is 7.08. The van der Waals surface area contributed by atoms with E-state index < -0.39 is 0 Å². The Morgan fingerprint density at radius 1 is 1.21 bits per heavy atom. The highest BCUT2D eigenvalue weighted by atomic mass is 32.2. The van der Waals surface area contributed by atoms with Gasteiger partial charge in [0.1, 0.15) is 0 Å². The van der Waals surface area contributed by atoms with Crippen LogP contribution < -0.4 is 10.0 Å². The molecule has 0 aromatic carbocycles. The van der Waals surface area contributed by atoms with Gasteiger partial charge in [0.2, 0.25) is 5.96 Å². The summed E-state index contributed by atoms with van der Waals surface area (Å²) in [6.45, 7) is 3.14. The molecule has 4 nitrogen and oxygen atoms in total. The van der Waals surface area contributed by atoms with Gasteiger partial charge in [0.05, 0.1) is 10.6 Å². The Morgan fingerprint density at radius 3 is 2.95 bits per heavy atom. The number of guanidine groups is 1. The highest BCUT2D eigenvalue weighted by Crippen LogP contribution is 2.26. The van der Waals surface area contributed by atoms with Crippen molar-refractivity contribution < 1.29 is 0 Å². The van der Waals surface area contributed by atoms with E-state index in [1.807, 2.05) is 12.3 Å². The van der Waals surface area contributed by atoms with E-state index in [-0.39, 0.29) is 0 Å². The number of hydrogen-bond acceptors (Lipinski definition) is 3. The molecule has 0 saturated carbocycles. The lowest BCUT2D eigenvalue weighted by Crippen LogP contribution is -2.29. The predicted molar refractivity (Wildman–Crippen MR) is 82.5 cm³/mol. The van der Waals surface area contributed by atoms with Crippen LogP contribution in [0.2, 0.25) is 0 Å². The van der Waals surface area contributed by atoms with Gasteiger partial charge in [-0.2, -0.15) is 0 Å². The van der Waals surface area contributed by atoms with Gasteiger partial charge in [0, 0.05) is 18.9 Å². The van der Waals surface area contributed by atoms with Crippen LogP contribution in [0.5, 0.6) is 0 Å². The summed E-state index contributed by atoms with van der Waals surface area (Å²) in [6, 6.07) is 1.98. The molecule has 0 unspecified atom stereocenters. The molecule has 0 spiro atoms. The van der Waals surface area contributed by atoms with Crippen LogP contribution >= 0.6 is 11.9 Å². The molecule has 0 atom stereocenters. The topological polar surface area (TPSA) is 49.3 Å². The van der Waals surface area contributed by atoms with Crippen LogP contribution in [-0.2, 0) is 0 Å². The first kappa shape index (κ1) is 14.2. The van der Waals surface area contributed by atoms with E-state index >= 15 is 0 Å². The first-order chi connectivity index (χ1) is 9.40. The summed E-state index contributed by atoms with van der Waals surface area (Å²) in [5.41, 5.74) is 1.08. The Balaban J connectivity index is 1.68. The Bertz CT molecular complexity index is 420. The summed E-state index contributed by atoms with van der Waals surface area (Å²) in [4.78, 5) is 9.76. The summed E-state index contributed by atoms with van der Waals surface area (Å²) in [5.74, 6) is 0.859. The zero-order valence-corrected chi connectivity index (χ0v) is 12.3. The summed E-state index contributed by atoms with van der Waals surface area (Å²) >= 11 is 1.57. The smallest absolute Gasteiger partial charge is 0.206 e. The quantitative estimate of drug-likeness (QED) is 0.588. The number of aromatic nitrogens is 1. The van der Waals surface area contributed by atoms with Crippen LogP contribution in [0.25, 0.3) is 0 Å². The summed E-state index contributed by atoms with van der Waals surface area (Å²) in [7, 11) is 0. The van der Waals surface area contributed by atoms with Crippen molar-refractivity contribution >= 4 is 23.6 Å². The second kappa shape index (κ2) is 8.04. The number of fused-ring (bicyclic) bond motifs is 1. The van der Waals surface area contributed by atoms with Crippen LogP contribution in [0.3, 0.4) is 0 Å². The Hall–Kier alpha value is -1.23. The van der Waals surface area contributed by atoms with Crippen LogP contribution in [0, 0.1) is 0 Å². The van der Waals surface area contributed by atoms with Crippen molar-refractivity contribution in [1.82, 2.24) is 9.71 Å². The minimum absolute atomic E-state index is 0.859. The van der Waals surface area contributed by atoms with E-state index in [1.54, 1.807) is 18.1 Å². The van der Waals surface area contributed by atoms with Gasteiger partial charge in [0.25, 0.3) is 0 Å². The van der Waals surface area contributed by atoms with Crippen molar-refractivity contribution in [2.45, 2.75) is 50.3 Å². The lowest BCUT2D eigenvalue weighted by Gasteiger charge is -2.19. The number of pyridine rings is 1. The Kier molecular flexibility index (Phi) is 6.01. The van der Waals surface area contributed by atoms with E-state index in [2.05, 4.69) is 26.9 Å². The first-order valence-corrected chi connectivity index (χ1v) is 7.90. The number of unbranched alkanes of at least 4 members (excludes halogenated alkanes) is 5. The molecule has 1 aliphatic rings. The third-order valence-electron chi connectivity index (χ3n) is 3.08. The third kappa shape index (κ3) is 4.74. The van der Waals surface area contributed by atoms with Gasteiger partial charge < -0.3 is 5.32 Å². The van der Waals surface area contributed by atoms with Crippen molar-refractivity contribution in [3.8, 4) is 0 Å². The molecule has 5 heteroatoms. The molecule has 0 bridgehead atoms. The van der Waals surface area contributed by atoms with Crippen LogP contribution in [0.1, 0.15) is 45.4 Å². The van der Waals surface area contributed by atoms with Gasteiger partial charge in [0.15, 0.2) is 0 Å². The van der Waals surface area contributed by atoms with Gasteiger partial charge >= 0.3 is 0 Å². The highest BCUT2D eigenvalue weighted by molar-refractivity contribution is 7.98. The molecule has 2 rings (SSSR count). The van der Waals surface area contributed by atoms with Crippen molar-refractivity contribution in [2.24, 2.45) is 4.99 Å². The molecule has 0 saturated heterocycles. The molecule has 104 valence electrons. The van der Waals surface area contributed by atoms with E-state index in [9.17, 15) is 0 Å². The van der Waals surface area contributed by atoms with E-state index in [0.717, 1.165) is 23.1 Å². The Morgan fingerprint density at radius 2 is 2.05 bits per heavy atom. The number of nitrogens with zero attached hydrogens (tertiary/aromatic N) is 2. The maximum atomic E-state index is 4.55. The second-order valence-corrected chi connectivity index (χ2v) is 5.55. The zero-order valence-electron chi connectivity index (χ0n) is 11.5. The van der Waals surface area contributed by atoms with E-state index in [4.69, 9.17) is 0 Å². The molecule has 0 radical (unpaired) electrons. The predicted octanol–water partition coefficient (Wildman–Crippen LogP) is 3.82. The van der Waals surface area contributed by atoms with Crippen molar-refractivity contribution in [3.05, 3.63) is 18.5 Å². The minimum Gasteiger partial charge on any atom is -0.324 e. The molecular formula is C14H22N4S. The summed E-state index contributed by atoms with van der Waals surface area (Å²) in [6.07, 6.45) is 11.5. The number of nitrogens with one attached hydrogen (secondary N) is 2. The van der Waals surface area contributed by atoms with Crippen molar-refractivity contribution in [1.29, 1.82) is 0 Å². The molecule has 2 N–H and O–H groups in total. The number of rotatable bonds is 7. The van der Waals surface area contributed by atoms with Crippen LogP contribution in [0.4, 0.5) is 5.69 Å². The molecule has 1 aliphatic heterocycles. The molecule has 1 aromatic rings. The fraction of sp³-hybridized carbons (Fsp3) is 0.571. The molecule has 1 aromatic heterocycles. The Labute approximate surface area is 119 Å². The van der Waals surface area contributed by atoms with Crippen molar-refractivity contribution in [3.63, 3.8) is 0 Å². The normalized spacial score (nSPS) is 15.7. The van der Waals surface area contributed by atoms with Gasteiger partial charge in [-0.15, -0.1) is 0 Å². The van der Waals surface area contributed by atoms with Gasteiger partial charge in [-0.05, 0) is 24.4 Å². The average Bonchev–Trinajstić information content (AvgIpc) is 2.46. The molecule has 0 fully saturated rings. The lowest BCUT2D eigenvalue weighted by molar-refractivity contribution is 0.612. The summed E-state index contributed by atoms with van der Waals surface area (Å²) in [5, 5.41) is 3.29. The zero-order chi connectivity index (χ0) is 13.3. The van der Waals surface area contributed by atoms with E-state index in [1.165, 1.54) is 38.5 Å². The minimum atomic E-state index is 0.859. The number of hydrogen-bond donors (Lipinski definition) is 2. The lowest BCUT2D eigenvalue weighted by atomic mass is 10.1. The number of anilines is 1. The molecular weight excluding hydrogens is 256 g/mol. The van der Waals surface area contributed by atoms with Gasteiger partial charge in [-0.1, -0.05) is 39.0 Å². The van der Waals surface area contributed by atoms with Gasteiger partial charge in [-0.3, -0.25) is 14.7 Å². The molecule has 19 heavy (non-hydrogen) atoms. The van der Waals surface area contributed by atoms with Crippen molar-refractivity contribution in [2.75, 3.05) is 11.9 Å². The second-order valence-electron chi connectivity index (χ2n) is 4.70. The standard InChI is InChI=1S/C14H22N4S/c1-2-3-4-5-6-7-9-16-14-17-12-8-10-15-11-13(12)19-18-14/h8,10-11H,2-7,9H2,1H3,(H2,16,17,18). The average molecular weight is 278 g/mol. The number of aliphatic imine (C=N–C) groups is 1. The largest absolute Gasteiger partial charge is 0.324 e. The fourth-order valence-corrected chi connectivity index (χ4v) is 2.64.